The number of aryl methyl sites for hydroxylation is 1. The summed E-state index contributed by atoms with van der Waals surface area (Å²) in [5, 5.41) is 2.91. The van der Waals surface area contributed by atoms with Crippen molar-refractivity contribution in [1.29, 1.82) is 0 Å². The van der Waals surface area contributed by atoms with Crippen molar-refractivity contribution in [1.82, 2.24) is 4.31 Å². The van der Waals surface area contributed by atoms with Gasteiger partial charge in [-0.05, 0) is 55.2 Å². The lowest BCUT2D eigenvalue weighted by atomic mass is 10.1. The van der Waals surface area contributed by atoms with E-state index in [9.17, 15) is 13.2 Å². The highest BCUT2D eigenvalue weighted by Gasteiger charge is 2.27. The van der Waals surface area contributed by atoms with E-state index in [1.807, 2.05) is 43.3 Å². The first kappa shape index (κ1) is 23.1. The third-order valence-corrected chi connectivity index (χ3v) is 7.37. The average Bonchev–Trinajstić information content (AvgIpc) is 2.78. The third kappa shape index (κ3) is 5.77. The number of benzene rings is 2. The van der Waals surface area contributed by atoms with E-state index >= 15 is 0 Å². The molecule has 0 spiro atoms. The predicted molar refractivity (Wildman–Crippen MR) is 123 cm³/mol. The number of carbonyl (C=O) groups is 1. The Bertz CT molecular complexity index is 998. The Morgan fingerprint density at radius 3 is 2.35 bits per heavy atom. The smallest absolute Gasteiger partial charge is 0.243 e. The minimum atomic E-state index is -3.57. The average molecular weight is 446 g/mol. The van der Waals surface area contributed by atoms with Gasteiger partial charge in [0.2, 0.25) is 15.9 Å². The second-order valence-electron chi connectivity index (χ2n) is 7.93. The van der Waals surface area contributed by atoms with Gasteiger partial charge in [0, 0.05) is 33.6 Å². The van der Waals surface area contributed by atoms with Crippen molar-refractivity contribution < 1.29 is 17.9 Å². The van der Waals surface area contributed by atoms with E-state index in [1.54, 1.807) is 25.3 Å². The Labute approximate surface area is 185 Å². The molecular formula is C23H31N3O4S. The number of rotatable bonds is 8. The molecule has 3 rings (SSSR count). The van der Waals surface area contributed by atoms with E-state index in [2.05, 4.69) is 5.32 Å². The van der Waals surface area contributed by atoms with Gasteiger partial charge in [0.1, 0.15) is 5.75 Å². The van der Waals surface area contributed by atoms with Gasteiger partial charge in [-0.25, -0.2) is 8.42 Å². The summed E-state index contributed by atoms with van der Waals surface area (Å²) in [6.45, 7) is 1.09. The minimum absolute atomic E-state index is 0.161. The number of anilines is 2. The van der Waals surface area contributed by atoms with Crippen LogP contribution in [-0.4, -0.2) is 52.9 Å². The fourth-order valence-corrected chi connectivity index (χ4v) is 5.23. The molecule has 1 aliphatic heterocycles. The molecule has 0 atom stereocenters. The van der Waals surface area contributed by atoms with Crippen molar-refractivity contribution in [2.75, 3.05) is 44.5 Å². The minimum Gasteiger partial charge on any atom is -0.497 e. The van der Waals surface area contributed by atoms with Crippen LogP contribution in [0.4, 0.5) is 11.4 Å². The molecule has 1 N–H and O–H groups in total. The van der Waals surface area contributed by atoms with E-state index in [0.29, 0.717) is 31.6 Å². The third-order valence-electron chi connectivity index (χ3n) is 5.48. The zero-order valence-electron chi connectivity index (χ0n) is 18.4. The molecule has 1 heterocycles. The molecular weight excluding hydrogens is 414 g/mol. The lowest BCUT2D eigenvalue weighted by molar-refractivity contribution is -0.116. The number of nitrogens with one attached hydrogen (secondary N) is 1. The van der Waals surface area contributed by atoms with Crippen LogP contribution in [0.5, 0.6) is 5.75 Å². The fourth-order valence-electron chi connectivity index (χ4n) is 3.68. The monoisotopic (exact) mass is 445 g/mol. The lowest BCUT2D eigenvalue weighted by Gasteiger charge is -2.26. The van der Waals surface area contributed by atoms with Crippen LogP contribution >= 0.6 is 0 Å². The molecule has 1 aliphatic rings. The summed E-state index contributed by atoms with van der Waals surface area (Å²) in [6, 6.07) is 12.5. The first-order valence-electron chi connectivity index (χ1n) is 10.6. The Kier molecular flexibility index (Phi) is 7.56. The van der Waals surface area contributed by atoms with Crippen LogP contribution in [0.3, 0.4) is 0 Å². The van der Waals surface area contributed by atoms with Crippen LogP contribution in [0.2, 0.25) is 0 Å². The fraction of sp³-hybridized carbons (Fsp3) is 0.435. The van der Waals surface area contributed by atoms with Crippen LogP contribution in [-0.2, 0) is 21.2 Å². The summed E-state index contributed by atoms with van der Waals surface area (Å²) in [5.41, 5.74) is 2.29. The lowest BCUT2D eigenvalue weighted by Crippen LogP contribution is -2.35. The van der Waals surface area contributed by atoms with E-state index in [1.165, 1.54) is 4.31 Å². The normalized spacial score (nSPS) is 14.8. The molecule has 0 bridgehead atoms. The van der Waals surface area contributed by atoms with Crippen molar-refractivity contribution >= 4 is 27.3 Å². The van der Waals surface area contributed by atoms with Crippen LogP contribution in [0, 0.1) is 0 Å². The zero-order valence-corrected chi connectivity index (χ0v) is 19.2. The van der Waals surface area contributed by atoms with Gasteiger partial charge in [-0.15, -0.1) is 0 Å². The van der Waals surface area contributed by atoms with Crippen molar-refractivity contribution in [2.24, 2.45) is 0 Å². The molecule has 0 unspecified atom stereocenters. The highest BCUT2D eigenvalue weighted by atomic mass is 32.2. The van der Waals surface area contributed by atoms with Gasteiger partial charge < -0.3 is 15.0 Å². The summed E-state index contributed by atoms with van der Waals surface area (Å²) >= 11 is 0. The highest BCUT2D eigenvalue weighted by molar-refractivity contribution is 7.89. The Morgan fingerprint density at radius 1 is 1.06 bits per heavy atom. The summed E-state index contributed by atoms with van der Waals surface area (Å²) < 4.78 is 32.8. The van der Waals surface area contributed by atoms with Crippen LogP contribution < -0.4 is 15.0 Å². The van der Waals surface area contributed by atoms with E-state index in [-0.39, 0.29) is 10.8 Å². The van der Waals surface area contributed by atoms with E-state index in [0.717, 1.165) is 36.3 Å². The Hall–Kier alpha value is -2.58. The molecule has 1 amide bonds. The molecule has 31 heavy (non-hydrogen) atoms. The number of amides is 1. The largest absolute Gasteiger partial charge is 0.497 e. The number of hydrogen-bond acceptors (Lipinski definition) is 5. The van der Waals surface area contributed by atoms with Crippen molar-refractivity contribution in [2.45, 2.75) is 37.0 Å². The molecule has 1 fully saturated rings. The van der Waals surface area contributed by atoms with Gasteiger partial charge in [-0.2, -0.15) is 4.31 Å². The number of methoxy groups -OCH3 is 1. The van der Waals surface area contributed by atoms with Crippen molar-refractivity contribution in [3.8, 4) is 5.75 Å². The molecule has 0 radical (unpaired) electrons. The summed E-state index contributed by atoms with van der Waals surface area (Å²) in [7, 11) is 1.77. The molecule has 0 aliphatic carbocycles. The quantitative estimate of drug-likeness (QED) is 0.673. The number of hydrogen-bond donors (Lipinski definition) is 1. The molecule has 0 saturated carbocycles. The predicted octanol–water partition coefficient (Wildman–Crippen LogP) is 3.51. The maximum absolute atomic E-state index is 13.1. The molecule has 2 aromatic carbocycles. The van der Waals surface area contributed by atoms with Gasteiger partial charge in [0.05, 0.1) is 23.4 Å². The second kappa shape index (κ2) is 10.2. The molecule has 168 valence electrons. The molecule has 1 saturated heterocycles. The Morgan fingerprint density at radius 2 is 1.74 bits per heavy atom. The molecule has 8 heteroatoms. The van der Waals surface area contributed by atoms with Gasteiger partial charge >= 0.3 is 0 Å². The maximum Gasteiger partial charge on any atom is 0.243 e. The summed E-state index contributed by atoms with van der Waals surface area (Å²) in [5.74, 6) is 0.613. The van der Waals surface area contributed by atoms with Crippen LogP contribution in [0.25, 0.3) is 0 Å². The number of sulfonamides is 1. The number of nitrogens with zero attached hydrogens (tertiary/aromatic N) is 2. The highest BCUT2D eigenvalue weighted by Crippen LogP contribution is 2.30. The molecule has 0 aromatic heterocycles. The van der Waals surface area contributed by atoms with Gasteiger partial charge in [0.15, 0.2) is 0 Å². The van der Waals surface area contributed by atoms with E-state index in [4.69, 9.17) is 4.74 Å². The van der Waals surface area contributed by atoms with Gasteiger partial charge in [-0.3, -0.25) is 4.79 Å². The van der Waals surface area contributed by atoms with Gasteiger partial charge in [-0.1, -0.05) is 18.6 Å². The SMILES string of the molecule is COc1ccc(CCC(=O)Nc2cc(S(=O)(=O)N3CCCCC3)ccc2N(C)C)cc1. The van der Waals surface area contributed by atoms with Crippen molar-refractivity contribution in [3.05, 3.63) is 48.0 Å². The van der Waals surface area contributed by atoms with Gasteiger partial charge in [0.25, 0.3) is 0 Å². The summed E-state index contributed by atoms with van der Waals surface area (Å²) in [4.78, 5) is 14.7. The number of carbonyl (C=O) groups excluding carboxylic acids is 1. The molecule has 2 aromatic rings. The standard InChI is InChI=1S/C23H31N3O4S/c1-25(2)22-13-12-20(31(28,29)26-15-5-4-6-16-26)17-21(22)24-23(27)14-9-18-7-10-19(30-3)11-8-18/h7-8,10-13,17H,4-6,9,14-16H2,1-3H3,(H,24,27). The zero-order chi connectivity index (χ0) is 22.4. The first-order chi connectivity index (χ1) is 14.8. The van der Waals surface area contributed by atoms with Crippen LogP contribution in [0.1, 0.15) is 31.2 Å². The number of piperidine rings is 1. The number of ether oxygens (including phenoxy) is 1. The maximum atomic E-state index is 13.1. The van der Waals surface area contributed by atoms with E-state index < -0.39 is 10.0 Å². The van der Waals surface area contributed by atoms with Crippen LogP contribution in [0.15, 0.2) is 47.4 Å². The topological polar surface area (TPSA) is 78.9 Å². The first-order valence-corrected chi connectivity index (χ1v) is 12.0. The Balaban J connectivity index is 1.75. The molecule has 7 nitrogen and oxygen atoms in total. The second-order valence-corrected chi connectivity index (χ2v) is 9.87. The van der Waals surface area contributed by atoms with Crippen molar-refractivity contribution in [3.63, 3.8) is 0 Å². The summed E-state index contributed by atoms with van der Waals surface area (Å²) in [6.07, 6.45) is 3.69.